The molecule has 1 heterocycles. The van der Waals surface area contributed by atoms with Gasteiger partial charge in [0.2, 0.25) is 0 Å². The van der Waals surface area contributed by atoms with E-state index in [1.807, 2.05) is 6.92 Å². The number of hydrogen-bond donors (Lipinski definition) is 0. The van der Waals surface area contributed by atoms with Crippen molar-refractivity contribution >= 4 is 0 Å². The standard InChI is InChI=1S/C13H21N3O/c1-10-14-16(12(17)15(10)2)9-11-4-3-5-13(8-11)6-7-13/h11H,3-9H2,1-2H3. The first-order chi connectivity index (χ1) is 8.10. The number of aryl methyl sites for hydroxylation is 1. The van der Waals surface area contributed by atoms with Gasteiger partial charge in [0.05, 0.1) is 0 Å². The fourth-order valence-corrected chi connectivity index (χ4v) is 3.33. The van der Waals surface area contributed by atoms with Gasteiger partial charge in [0.15, 0.2) is 0 Å². The van der Waals surface area contributed by atoms with Crippen molar-refractivity contribution in [3.8, 4) is 0 Å². The maximum Gasteiger partial charge on any atom is 0.345 e. The van der Waals surface area contributed by atoms with Crippen LogP contribution < -0.4 is 5.69 Å². The molecule has 1 spiro atoms. The van der Waals surface area contributed by atoms with Crippen LogP contribution in [0, 0.1) is 18.3 Å². The third kappa shape index (κ3) is 1.94. The minimum atomic E-state index is 0.0397. The fourth-order valence-electron chi connectivity index (χ4n) is 3.33. The zero-order chi connectivity index (χ0) is 12.0. The highest BCUT2D eigenvalue weighted by atomic mass is 16.2. The van der Waals surface area contributed by atoms with E-state index in [4.69, 9.17) is 0 Å². The molecular formula is C13H21N3O. The van der Waals surface area contributed by atoms with Gasteiger partial charge in [-0.05, 0) is 50.4 Å². The van der Waals surface area contributed by atoms with E-state index in [9.17, 15) is 4.79 Å². The molecule has 0 radical (unpaired) electrons. The molecule has 94 valence electrons. The maximum atomic E-state index is 11.9. The van der Waals surface area contributed by atoms with Crippen molar-refractivity contribution in [3.05, 3.63) is 16.3 Å². The fraction of sp³-hybridized carbons (Fsp3) is 0.846. The van der Waals surface area contributed by atoms with Gasteiger partial charge in [0.1, 0.15) is 5.82 Å². The first kappa shape index (κ1) is 11.1. The Morgan fingerprint density at radius 3 is 2.76 bits per heavy atom. The van der Waals surface area contributed by atoms with Crippen LogP contribution in [0.25, 0.3) is 0 Å². The minimum Gasteiger partial charge on any atom is -0.282 e. The normalized spacial score (nSPS) is 26.4. The highest BCUT2D eigenvalue weighted by molar-refractivity contribution is 4.97. The third-order valence-electron chi connectivity index (χ3n) is 4.69. The van der Waals surface area contributed by atoms with E-state index in [1.165, 1.54) is 38.5 Å². The lowest BCUT2D eigenvalue weighted by Crippen LogP contribution is -2.29. The SMILES string of the molecule is Cc1nn(CC2CCCC3(CC3)C2)c(=O)n1C. The van der Waals surface area contributed by atoms with Crippen molar-refractivity contribution in [1.29, 1.82) is 0 Å². The molecule has 0 aliphatic heterocycles. The van der Waals surface area contributed by atoms with E-state index < -0.39 is 0 Å². The predicted octanol–water partition coefficient (Wildman–Crippen LogP) is 1.86. The van der Waals surface area contributed by atoms with Gasteiger partial charge >= 0.3 is 5.69 Å². The molecular weight excluding hydrogens is 214 g/mol. The van der Waals surface area contributed by atoms with Gasteiger partial charge in [-0.2, -0.15) is 5.10 Å². The van der Waals surface area contributed by atoms with Crippen LogP contribution in [0.5, 0.6) is 0 Å². The van der Waals surface area contributed by atoms with Crippen LogP contribution in [0.15, 0.2) is 4.79 Å². The van der Waals surface area contributed by atoms with Gasteiger partial charge in [-0.1, -0.05) is 6.42 Å². The summed E-state index contributed by atoms with van der Waals surface area (Å²) in [5.41, 5.74) is 0.717. The van der Waals surface area contributed by atoms with E-state index >= 15 is 0 Å². The molecule has 0 amide bonds. The Bertz CT molecular complexity index is 481. The van der Waals surface area contributed by atoms with Crippen molar-refractivity contribution in [2.45, 2.75) is 52.0 Å². The predicted molar refractivity (Wildman–Crippen MR) is 65.8 cm³/mol. The largest absolute Gasteiger partial charge is 0.345 e. The van der Waals surface area contributed by atoms with Crippen LogP contribution in [-0.4, -0.2) is 14.3 Å². The summed E-state index contributed by atoms with van der Waals surface area (Å²) in [7, 11) is 1.80. The number of rotatable bonds is 2. The molecule has 4 nitrogen and oxygen atoms in total. The maximum absolute atomic E-state index is 11.9. The van der Waals surface area contributed by atoms with Crippen LogP contribution in [0.1, 0.15) is 44.3 Å². The van der Waals surface area contributed by atoms with Crippen molar-refractivity contribution in [1.82, 2.24) is 14.3 Å². The Labute approximate surface area is 102 Å². The first-order valence-electron chi connectivity index (χ1n) is 6.70. The monoisotopic (exact) mass is 235 g/mol. The van der Waals surface area contributed by atoms with Crippen molar-refractivity contribution in [3.63, 3.8) is 0 Å². The average Bonchev–Trinajstić information content (AvgIpc) is 3.00. The molecule has 3 rings (SSSR count). The van der Waals surface area contributed by atoms with E-state index in [0.717, 1.165) is 12.4 Å². The molecule has 1 aromatic rings. The van der Waals surface area contributed by atoms with Gasteiger partial charge in [-0.15, -0.1) is 0 Å². The van der Waals surface area contributed by atoms with Crippen LogP contribution in [0.2, 0.25) is 0 Å². The Kier molecular flexibility index (Phi) is 2.42. The molecule has 1 unspecified atom stereocenters. The highest BCUT2D eigenvalue weighted by Crippen LogP contribution is 2.57. The number of aromatic nitrogens is 3. The van der Waals surface area contributed by atoms with Crippen molar-refractivity contribution in [2.24, 2.45) is 18.4 Å². The van der Waals surface area contributed by atoms with Crippen molar-refractivity contribution in [2.75, 3.05) is 0 Å². The zero-order valence-corrected chi connectivity index (χ0v) is 10.8. The average molecular weight is 235 g/mol. The molecule has 0 saturated heterocycles. The summed E-state index contributed by atoms with van der Waals surface area (Å²) in [6.07, 6.45) is 8.17. The third-order valence-corrected chi connectivity index (χ3v) is 4.69. The van der Waals surface area contributed by atoms with Gasteiger partial charge in [0.25, 0.3) is 0 Å². The lowest BCUT2D eigenvalue weighted by Gasteiger charge is -2.28. The second-order valence-electron chi connectivity index (χ2n) is 6.03. The summed E-state index contributed by atoms with van der Waals surface area (Å²) < 4.78 is 3.30. The number of hydrogen-bond acceptors (Lipinski definition) is 2. The zero-order valence-electron chi connectivity index (χ0n) is 10.8. The Morgan fingerprint density at radius 2 is 2.18 bits per heavy atom. The van der Waals surface area contributed by atoms with Gasteiger partial charge in [-0.25, -0.2) is 9.48 Å². The quantitative estimate of drug-likeness (QED) is 0.785. The molecule has 2 aliphatic carbocycles. The summed E-state index contributed by atoms with van der Waals surface area (Å²) in [6.45, 7) is 2.71. The second-order valence-corrected chi connectivity index (χ2v) is 6.03. The lowest BCUT2D eigenvalue weighted by atomic mass is 9.79. The first-order valence-corrected chi connectivity index (χ1v) is 6.70. The summed E-state index contributed by atoms with van der Waals surface area (Å²) in [5.74, 6) is 1.48. The summed E-state index contributed by atoms with van der Waals surface area (Å²) in [5, 5.41) is 4.34. The smallest absolute Gasteiger partial charge is 0.282 e. The molecule has 17 heavy (non-hydrogen) atoms. The topological polar surface area (TPSA) is 39.8 Å². The Morgan fingerprint density at radius 1 is 1.41 bits per heavy atom. The molecule has 0 N–H and O–H groups in total. The minimum absolute atomic E-state index is 0.0397. The second kappa shape index (κ2) is 3.72. The Balaban J connectivity index is 1.74. The molecule has 0 aromatic carbocycles. The highest BCUT2D eigenvalue weighted by Gasteiger charge is 2.45. The van der Waals surface area contributed by atoms with Crippen molar-refractivity contribution < 1.29 is 0 Å². The van der Waals surface area contributed by atoms with Crippen LogP contribution in [0.3, 0.4) is 0 Å². The van der Waals surface area contributed by atoms with E-state index in [1.54, 1.807) is 16.3 Å². The van der Waals surface area contributed by atoms with E-state index in [-0.39, 0.29) is 5.69 Å². The van der Waals surface area contributed by atoms with Crippen LogP contribution in [0.4, 0.5) is 0 Å². The molecule has 2 saturated carbocycles. The van der Waals surface area contributed by atoms with E-state index in [0.29, 0.717) is 11.3 Å². The molecule has 1 atom stereocenters. The van der Waals surface area contributed by atoms with Gasteiger partial charge < -0.3 is 0 Å². The Hall–Kier alpha value is -1.06. The molecule has 4 heteroatoms. The molecule has 1 aromatic heterocycles. The van der Waals surface area contributed by atoms with Crippen LogP contribution in [-0.2, 0) is 13.6 Å². The van der Waals surface area contributed by atoms with E-state index in [2.05, 4.69) is 5.10 Å². The summed E-state index contributed by atoms with van der Waals surface area (Å²) in [6, 6.07) is 0. The molecule has 2 aliphatic rings. The lowest BCUT2D eigenvalue weighted by molar-refractivity contribution is 0.218. The number of nitrogens with zero attached hydrogens (tertiary/aromatic N) is 3. The molecule has 0 bridgehead atoms. The molecule has 2 fully saturated rings. The van der Waals surface area contributed by atoms with Gasteiger partial charge in [-0.3, -0.25) is 4.57 Å². The van der Waals surface area contributed by atoms with Crippen LogP contribution >= 0.6 is 0 Å². The summed E-state index contributed by atoms with van der Waals surface area (Å²) >= 11 is 0. The van der Waals surface area contributed by atoms with Gasteiger partial charge in [0, 0.05) is 13.6 Å². The summed E-state index contributed by atoms with van der Waals surface area (Å²) in [4.78, 5) is 11.9.